The SMILES string of the molecule is Cc1sc2c(c1C)CN(CC1CO1)CC2. The highest BCUT2D eigenvalue weighted by molar-refractivity contribution is 7.12. The summed E-state index contributed by atoms with van der Waals surface area (Å²) in [7, 11) is 0. The van der Waals surface area contributed by atoms with Gasteiger partial charge in [-0.2, -0.15) is 0 Å². The lowest BCUT2D eigenvalue weighted by molar-refractivity contribution is 0.227. The van der Waals surface area contributed by atoms with Gasteiger partial charge in [-0.1, -0.05) is 0 Å². The third-order valence-corrected chi connectivity index (χ3v) is 4.80. The van der Waals surface area contributed by atoms with E-state index in [0.29, 0.717) is 6.10 Å². The summed E-state index contributed by atoms with van der Waals surface area (Å²) in [5.41, 5.74) is 3.13. The largest absolute Gasteiger partial charge is 0.372 e. The number of aryl methyl sites for hydroxylation is 1. The average Bonchev–Trinajstić information content (AvgIpc) is 2.98. The first-order chi connectivity index (χ1) is 7.24. The standard InChI is InChI=1S/C12H17NOS/c1-8-9(2)15-12-3-4-13(6-11(8)12)5-10-7-14-10/h10H,3-7H2,1-2H3. The van der Waals surface area contributed by atoms with E-state index in [2.05, 4.69) is 18.7 Å². The predicted molar refractivity (Wildman–Crippen MR) is 62.5 cm³/mol. The van der Waals surface area contributed by atoms with Crippen LogP contribution in [0.5, 0.6) is 0 Å². The molecule has 1 saturated heterocycles. The van der Waals surface area contributed by atoms with Gasteiger partial charge < -0.3 is 4.74 Å². The van der Waals surface area contributed by atoms with Crippen LogP contribution in [0.15, 0.2) is 0 Å². The predicted octanol–water partition coefficient (Wildman–Crippen LogP) is 2.12. The normalized spacial score (nSPS) is 25.3. The number of fused-ring (bicyclic) bond motifs is 1. The van der Waals surface area contributed by atoms with Crippen molar-refractivity contribution in [2.45, 2.75) is 32.9 Å². The van der Waals surface area contributed by atoms with Crippen LogP contribution in [0.25, 0.3) is 0 Å². The summed E-state index contributed by atoms with van der Waals surface area (Å²) in [5, 5.41) is 0. The van der Waals surface area contributed by atoms with E-state index in [-0.39, 0.29) is 0 Å². The molecule has 1 unspecified atom stereocenters. The fourth-order valence-electron chi connectivity index (χ4n) is 2.33. The second-order valence-corrected chi connectivity index (χ2v) is 5.93. The number of rotatable bonds is 2. The van der Waals surface area contributed by atoms with Gasteiger partial charge in [0.05, 0.1) is 12.7 Å². The minimum atomic E-state index is 0.534. The molecule has 0 radical (unpaired) electrons. The maximum absolute atomic E-state index is 5.30. The summed E-state index contributed by atoms with van der Waals surface area (Å²) >= 11 is 2.00. The third kappa shape index (κ3) is 1.84. The number of epoxide rings is 1. The minimum absolute atomic E-state index is 0.534. The van der Waals surface area contributed by atoms with E-state index >= 15 is 0 Å². The van der Waals surface area contributed by atoms with Crippen molar-refractivity contribution in [3.8, 4) is 0 Å². The molecule has 3 heteroatoms. The molecule has 0 amide bonds. The summed E-state index contributed by atoms with van der Waals surface area (Å²) in [6.07, 6.45) is 1.77. The van der Waals surface area contributed by atoms with E-state index in [1.165, 1.54) is 23.4 Å². The molecule has 3 heterocycles. The molecule has 3 rings (SSSR count). The summed E-state index contributed by atoms with van der Waals surface area (Å²) in [6.45, 7) is 8.98. The summed E-state index contributed by atoms with van der Waals surface area (Å²) in [5.74, 6) is 0. The quantitative estimate of drug-likeness (QED) is 0.714. The first kappa shape index (κ1) is 9.82. The third-order valence-electron chi connectivity index (χ3n) is 3.49. The Morgan fingerprint density at radius 3 is 3.00 bits per heavy atom. The van der Waals surface area contributed by atoms with E-state index in [1.54, 1.807) is 10.4 Å². The molecule has 0 N–H and O–H groups in total. The maximum atomic E-state index is 5.30. The average molecular weight is 223 g/mol. The Kier molecular flexibility index (Phi) is 2.34. The highest BCUT2D eigenvalue weighted by Crippen LogP contribution is 2.32. The first-order valence-electron chi connectivity index (χ1n) is 5.65. The van der Waals surface area contributed by atoms with Crippen molar-refractivity contribution in [3.05, 3.63) is 20.9 Å². The molecule has 1 fully saturated rings. The molecule has 0 bridgehead atoms. The fraction of sp³-hybridized carbons (Fsp3) is 0.667. The van der Waals surface area contributed by atoms with Gasteiger partial charge in [0.2, 0.25) is 0 Å². The highest BCUT2D eigenvalue weighted by Gasteiger charge is 2.28. The highest BCUT2D eigenvalue weighted by atomic mass is 32.1. The molecule has 2 aliphatic rings. The zero-order valence-corrected chi connectivity index (χ0v) is 10.2. The number of hydrogen-bond donors (Lipinski definition) is 0. The smallest absolute Gasteiger partial charge is 0.0936 e. The van der Waals surface area contributed by atoms with E-state index in [4.69, 9.17) is 4.74 Å². The van der Waals surface area contributed by atoms with Gasteiger partial charge in [-0.15, -0.1) is 11.3 Å². The second kappa shape index (κ2) is 3.58. The molecule has 2 nitrogen and oxygen atoms in total. The Labute approximate surface area is 94.9 Å². The van der Waals surface area contributed by atoms with Crippen molar-refractivity contribution >= 4 is 11.3 Å². The van der Waals surface area contributed by atoms with Crippen molar-refractivity contribution in [3.63, 3.8) is 0 Å². The number of hydrogen-bond acceptors (Lipinski definition) is 3. The molecule has 15 heavy (non-hydrogen) atoms. The van der Waals surface area contributed by atoms with Crippen molar-refractivity contribution in [1.29, 1.82) is 0 Å². The molecule has 0 spiro atoms. The van der Waals surface area contributed by atoms with E-state index in [1.807, 2.05) is 11.3 Å². The monoisotopic (exact) mass is 223 g/mol. The topological polar surface area (TPSA) is 15.8 Å². The van der Waals surface area contributed by atoms with Crippen LogP contribution in [0.1, 0.15) is 20.9 Å². The van der Waals surface area contributed by atoms with Crippen LogP contribution < -0.4 is 0 Å². The van der Waals surface area contributed by atoms with E-state index in [9.17, 15) is 0 Å². The first-order valence-corrected chi connectivity index (χ1v) is 6.47. The Morgan fingerprint density at radius 2 is 2.27 bits per heavy atom. The van der Waals surface area contributed by atoms with Gasteiger partial charge in [0.15, 0.2) is 0 Å². The molecule has 0 aromatic carbocycles. The second-order valence-electron chi connectivity index (χ2n) is 4.63. The summed E-state index contributed by atoms with van der Waals surface area (Å²) < 4.78 is 5.30. The molecular weight excluding hydrogens is 206 g/mol. The van der Waals surface area contributed by atoms with Gasteiger partial charge in [-0.3, -0.25) is 4.90 Å². The minimum Gasteiger partial charge on any atom is -0.372 e. The number of thiophene rings is 1. The lowest BCUT2D eigenvalue weighted by Gasteiger charge is -2.26. The van der Waals surface area contributed by atoms with Crippen LogP contribution in [-0.2, 0) is 17.7 Å². The Balaban J connectivity index is 1.78. The Morgan fingerprint density at radius 1 is 1.47 bits per heavy atom. The molecule has 0 aliphatic carbocycles. The van der Waals surface area contributed by atoms with Gasteiger partial charge in [0.25, 0.3) is 0 Å². The molecule has 82 valence electrons. The van der Waals surface area contributed by atoms with Gasteiger partial charge in [0.1, 0.15) is 0 Å². The van der Waals surface area contributed by atoms with Crippen LogP contribution >= 0.6 is 11.3 Å². The number of nitrogens with zero attached hydrogens (tertiary/aromatic N) is 1. The van der Waals surface area contributed by atoms with Crippen LogP contribution in [0.3, 0.4) is 0 Å². The van der Waals surface area contributed by atoms with Crippen molar-refractivity contribution < 1.29 is 4.74 Å². The van der Waals surface area contributed by atoms with Crippen molar-refractivity contribution in [2.75, 3.05) is 19.7 Å². The summed E-state index contributed by atoms with van der Waals surface area (Å²) in [4.78, 5) is 5.67. The summed E-state index contributed by atoms with van der Waals surface area (Å²) in [6, 6.07) is 0. The Bertz CT molecular complexity index is 381. The fourth-order valence-corrected chi connectivity index (χ4v) is 3.51. The lowest BCUT2D eigenvalue weighted by Crippen LogP contribution is -2.33. The van der Waals surface area contributed by atoms with Crippen LogP contribution in [0.4, 0.5) is 0 Å². The van der Waals surface area contributed by atoms with Gasteiger partial charge in [-0.05, 0) is 31.4 Å². The van der Waals surface area contributed by atoms with Gasteiger partial charge >= 0.3 is 0 Å². The number of ether oxygens (including phenoxy) is 1. The lowest BCUT2D eigenvalue weighted by atomic mass is 10.0. The molecule has 1 aromatic rings. The zero-order valence-electron chi connectivity index (χ0n) is 9.38. The molecule has 1 atom stereocenters. The zero-order chi connectivity index (χ0) is 10.4. The van der Waals surface area contributed by atoms with Crippen LogP contribution in [-0.4, -0.2) is 30.7 Å². The molecule has 0 saturated carbocycles. The van der Waals surface area contributed by atoms with E-state index in [0.717, 1.165) is 19.7 Å². The van der Waals surface area contributed by atoms with Gasteiger partial charge in [-0.25, -0.2) is 0 Å². The van der Waals surface area contributed by atoms with Crippen LogP contribution in [0.2, 0.25) is 0 Å². The van der Waals surface area contributed by atoms with Crippen LogP contribution in [0, 0.1) is 13.8 Å². The maximum Gasteiger partial charge on any atom is 0.0936 e. The Hall–Kier alpha value is -0.380. The van der Waals surface area contributed by atoms with Crippen molar-refractivity contribution in [1.82, 2.24) is 4.90 Å². The molecule has 1 aromatic heterocycles. The van der Waals surface area contributed by atoms with E-state index < -0.39 is 0 Å². The molecule has 2 aliphatic heterocycles. The molecular formula is C12H17NOS. The van der Waals surface area contributed by atoms with Gasteiger partial charge in [0, 0.05) is 29.4 Å². The van der Waals surface area contributed by atoms with Crippen molar-refractivity contribution in [2.24, 2.45) is 0 Å².